The third-order valence-corrected chi connectivity index (χ3v) is 4.55. The normalized spacial score (nSPS) is 22.6. The van der Waals surface area contributed by atoms with Crippen molar-refractivity contribution in [2.24, 2.45) is 0 Å². The number of ether oxygens (including phenoxy) is 1. The molecular formula is C15H20F11NO. The summed E-state index contributed by atoms with van der Waals surface area (Å²) in [5.41, 5.74) is 0. The van der Waals surface area contributed by atoms with Crippen molar-refractivity contribution in [3.8, 4) is 0 Å². The molecule has 4 atom stereocenters. The predicted molar refractivity (Wildman–Crippen MR) is 76.1 cm³/mol. The van der Waals surface area contributed by atoms with Crippen LogP contribution in [0.1, 0.15) is 33.1 Å². The van der Waals surface area contributed by atoms with Gasteiger partial charge in [-0.1, -0.05) is 6.42 Å². The molecule has 13 heteroatoms. The first kappa shape index (κ1) is 25.2. The summed E-state index contributed by atoms with van der Waals surface area (Å²) in [6, 6.07) is -3.38. The second-order valence-corrected chi connectivity index (χ2v) is 6.71. The van der Waals surface area contributed by atoms with Gasteiger partial charge in [-0.05, 0) is 39.8 Å². The van der Waals surface area contributed by atoms with E-state index in [9.17, 15) is 48.3 Å². The Hall–Kier alpha value is -0.850. The molecule has 0 bridgehead atoms. The molecule has 1 saturated heterocycles. The van der Waals surface area contributed by atoms with Crippen molar-refractivity contribution in [1.82, 2.24) is 4.90 Å². The number of likely N-dealkylation sites (tertiary alicyclic amines) is 1. The zero-order chi connectivity index (χ0) is 22.1. The van der Waals surface area contributed by atoms with Gasteiger partial charge in [0.1, 0.15) is 12.2 Å². The van der Waals surface area contributed by atoms with Crippen molar-refractivity contribution in [2.75, 3.05) is 13.1 Å². The largest absolute Gasteiger partial charge is 0.425 e. The summed E-state index contributed by atoms with van der Waals surface area (Å²) in [7, 11) is 0. The van der Waals surface area contributed by atoms with Gasteiger partial charge in [-0.3, -0.25) is 4.90 Å². The van der Waals surface area contributed by atoms with Gasteiger partial charge in [0.15, 0.2) is 6.04 Å². The summed E-state index contributed by atoms with van der Waals surface area (Å²) in [5, 5.41) is 0. The number of hydrogen-bond acceptors (Lipinski definition) is 2. The molecular weight excluding hydrogens is 419 g/mol. The monoisotopic (exact) mass is 439 g/mol. The Bertz CT molecular complexity index is 499. The fourth-order valence-electron chi connectivity index (χ4n) is 2.98. The van der Waals surface area contributed by atoms with E-state index in [0.29, 0.717) is 18.2 Å². The molecule has 0 saturated carbocycles. The maximum atomic E-state index is 14.5. The zero-order valence-corrected chi connectivity index (χ0v) is 14.9. The van der Waals surface area contributed by atoms with E-state index in [4.69, 9.17) is 0 Å². The van der Waals surface area contributed by atoms with Crippen molar-refractivity contribution in [3.05, 3.63) is 0 Å². The average molecular weight is 439 g/mol. The molecule has 28 heavy (non-hydrogen) atoms. The quantitative estimate of drug-likeness (QED) is 0.495. The molecule has 1 rings (SSSR count). The maximum absolute atomic E-state index is 14.5. The molecule has 0 aliphatic carbocycles. The molecule has 2 nitrogen and oxygen atoms in total. The Morgan fingerprint density at radius 2 is 1.11 bits per heavy atom. The molecule has 0 aromatic carbocycles. The van der Waals surface area contributed by atoms with Crippen LogP contribution in [0, 0.1) is 0 Å². The molecule has 1 heterocycles. The minimum atomic E-state index is -6.00. The zero-order valence-electron chi connectivity index (χ0n) is 14.9. The number of hydrogen-bond donors (Lipinski definition) is 0. The molecule has 4 unspecified atom stereocenters. The Balaban J connectivity index is 3.04. The second kappa shape index (κ2) is 8.49. The van der Waals surface area contributed by atoms with Crippen LogP contribution in [0.4, 0.5) is 48.3 Å². The van der Waals surface area contributed by atoms with Gasteiger partial charge in [0.2, 0.25) is 0 Å². The third kappa shape index (κ3) is 5.61. The lowest BCUT2D eigenvalue weighted by Gasteiger charge is -2.42. The van der Waals surface area contributed by atoms with E-state index in [-0.39, 0.29) is 32.9 Å². The summed E-state index contributed by atoms with van der Waals surface area (Å²) in [4.78, 5) is 0.444. The van der Waals surface area contributed by atoms with E-state index in [0.717, 1.165) is 0 Å². The van der Waals surface area contributed by atoms with Crippen molar-refractivity contribution in [3.63, 3.8) is 0 Å². The number of piperidine rings is 1. The Labute approximate surface area is 154 Å². The molecule has 0 radical (unpaired) electrons. The standard InChI is InChI=1S/C15H20F11NO/c1-8(12(17,18)10(16)14(21,22)23)28-9(2)13(19,20)11(15(24,25)26)27-6-4-3-5-7-27/h8-11H,3-7H2,1-2H3. The first-order valence-electron chi connectivity index (χ1n) is 8.36. The summed E-state index contributed by atoms with van der Waals surface area (Å²) in [6.45, 7) is -0.123. The lowest BCUT2D eigenvalue weighted by molar-refractivity contribution is -0.303. The van der Waals surface area contributed by atoms with Gasteiger partial charge in [0, 0.05) is 0 Å². The van der Waals surface area contributed by atoms with Crippen LogP contribution in [0.2, 0.25) is 0 Å². The summed E-state index contributed by atoms with van der Waals surface area (Å²) >= 11 is 0. The van der Waals surface area contributed by atoms with E-state index < -0.39 is 48.6 Å². The van der Waals surface area contributed by atoms with E-state index in [1.165, 1.54) is 0 Å². The highest BCUT2D eigenvalue weighted by Gasteiger charge is 2.64. The smallest absolute Gasteiger partial charge is 0.363 e. The van der Waals surface area contributed by atoms with Gasteiger partial charge < -0.3 is 4.74 Å². The summed E-state index contributed by atoms with van der Waals surface area (Å²) < 4.78 is 150. The first-order chi connectivity index (χ1) is 12.4. The lowest BCUT2D eigenvalue weighted by Crippen LogP contribution is -2.62. The van der Waals surface area contributed by atoms with Gasteiger partial charge in [-0.25, -0.2) is 22.0 Å². The number of halogens is 11. The molecule has 0 N–H and O–H groups in total. The lowest BCUT2D eigenvalue weighted by atomic mass is 9.99. The van der Waals surface area contributed by atoms with Gasteiger partial charge in [0.25, 0.3) is 12.1 Å². The second-order valence-electron chi connectivity index (χ2n) is 6.71. The van der Waals surface area contributed by atoms with Crippen LogP contribution < -0.4 is 0 Å². The fraction of sp³-hybridized carbons (Fsp3) is 1.00. The van der Waals surface area contributed by atoms with E-state index in [1.807, 2.05) is 0 Å². The third-order valence-electron chi connectivity index (χ3n) is 4.55. The predicted octanol–water partition coefficient (Wildman–Crippen LogP) is 5.37. The van der Waals surface area contributed by atoms with Gasteiger partial charge in [-0.2, -0.15) is 26.3 Å². The first-order valence-corrected chi connectivity index (χ1v) is 8.36. The minimum absolute atomic E-state index is 0.189. The molecule has 1 fully saturated rings. The van der Waals surface area contributed by atoms with Crippen LogP contribution in [0.15, 0.2) is 0 Å². The average Bonchev–Trinajstić information content (AvgIpc) is 2.52. The van der Waals surface area contributed by atoms with Gasteiger partial charge in [-0.15, -0.1) is 0 Å². The number of alkyl halides is 11. The fourth-order valence-corrected chi connectivity index (χ4v) is 2.98. The van der Waals surface area contributed by atoms with Crippen LogP contribution in [0.3, 0.4) is 0 Å². The molecule has 0 aromatic rings. The van der Waals surface area contributed by atoms with Crippen LogP contribution >= 0.6 is 0 Å². The Morgan fingerprint density at radius 1 is 0.679 bits per heavy atom. The van der Waals surface area contributed by atoms with Crippen LogP contribution in [-0.2, 0) is 4.74 Å². The number of nitrogens with zero attached hydrogens (tertiary/aromatic N) is 1. The Kier molecular flexibility index (Phi) is 7.63. The van der Waals surface area contributed by atoms with Crippen LogP contribution in [-0.4, -0.2) is 66.6 Å². The SMILES string of the molecule is CC(OC(C)C(F)(F)C(N1CCCCC1)C(F)(F)F)C(F)(F)C(F)C(F)(F)F. The summed E-state index contributed by atoms with van der Waals surface area (Å²) in [6.07, 6.45) is -21.2. The van der Waals surface area contributed by atoms with Gasteiger partial charge >= 0.3 is 18.3 Å². The van der Waals surface area contributed by atoms with E-state index >= 15 is 0 Å². The molecule has 1 aliphatic rings. The van der Waals surface area contributed by atoms with Crippen LogP contribution in [0.25, 0.3) is 0 Å². The van der Waals surface area contributed by atoms with Crippen molar-refractivity contribution in [2.45, 2.75) is 81.7 Å². The van der Waals surface area contributed by atoms with Crippen molar-refractivity contribution >= 4 is 0 Å². The van der Waals surface area contributed by atoms with E-state index in [1.54, 1.807) is 0 Å². The topological polar surface area (TPSA) is 12.5 Å². The molecule has 0 spiro atoms. The van der Waals surface area contributed by atoms with Gasteiger partial charge in [0.05, 0.1) is 0 Å². The van der Waals surface area contributed by atoms with Crippen molar-refractivity contribution in [1.29, 1.82) is 0 Å². The van der Waals surface area contributed by atoms with Crippen molar-refractivity contribution < 1.29 is 53.0 Å². The minimum Gasteiger partial charge on any atom is -0.363 e. The summed E-state index contributed by atoms with van der Waals surface area (Å²) in [5.74, 6) is -10.1. The molecule has 0 amide bonds. The molecule has 1 aliphatic heterocycles. The highest BCUT2D eigenvalue weighted by molar-refractivity contribution is 4.97. The maximum Gasteiger partial charge on any atom is 0.425 e. The van der Waals surface area contributed by atoms with E-state index in [2.05, 4.69) is 4.74 Å². The number of rotatable bonds is 7. The Morgan fingerprint density at radius 3 is 1.50 bits per heavy atom. The molecule has 0 aromatic heterocycles. The highest BCUT2D eigenvalue weighted by atomic mass is 19.4. The highest BCUT2D eigenvalue weighted by Crippen LogP contribution is 2.43. The molecule has 168 valence electrons. The van der Waals surface area contributed by atoms with Crippen LogP contribution in [0.5, 0.6) is 0 Å².